The number of aromatic nitrogens is 2. The van der Waals surface area contributed by atoms with Crippen LogP contribution in [0, 0.1) is 0 Å². The van der Waals surface area contributed by atoms with E-state index in [9.17, 15) is 0 Å². The molecule has 0 aliphatic rings. The van der Waals surface area contributed by atoms with E-state index in [1.165, 1.54) is 0 Å². The second-order valence-electron chi connectivity index (χ2n) is 5.35. The zero-order chi connectivity index (χ0) is 16.2. The molecule has 2 heterocycles. The largest absolute Gasteiger partial charge is 0.340 e. The van der Waals surface area contributed by atoms with Crippen LogP contribution < -0.4 is 5.32 Å². The lowest BCUT2D eigenvalue weighted by Gasteiger charge is -2.10. The van der Waals surface area contributed by atoms with Gasteiger partial charge in [0, 0.05) is 29.0 Å². The molecular weight excluding hydrogens is 316 g/mol. The smallest absolute Gasteiger partial charge is 0.193 e. The summed E-state index contributed by atoms with van der Waals surface area (Å²) in [6.45, 7) is 0.540. The zero-order valence-corrected chi connectivity index (χ0v) is 13.8. The highest BCUT2D eigenvalue weighted by Gasteiger charge is 2.06. The predicted molar refractivity (Wildman–Crippen MR) is 99.8 cm³/mol. The minimum absolute atomic E-state index is 0.540. The standard InChI is InChI=1S/C19H16N4S/c1-3-7-15(8-4-1)18(21-16-9-5-2-6-10-16)20-13-17-14-23-11-12-24-19(23)22-17/h1-12,14H,13H2,(H,20,21). The van der Waals surface area contributed by atoms with Crippen molar-refractivity contribution in [2.45, 2.75) is 6.54 Å². The lowest BCUT2D eigenvalue weighted by molar-refractivity contribution is 1.01. The molecule has 0 atom stereocenters. The molecule has 0 unspecified atom stereocenters. The Balaban J connectivity index is 1.62. The Morgan fingerprint density at radius 1 is 1.04 bits per heavy atom. The van der Waals surface area contributed by atoms with Crippen molar-refractivity contribution >= 4 is 27.8 Å². The minimum Gasteiger partial charge on any atom is -0.340 e. The van der Waals surface area contributed by atoms with Crippen molar-refractivity contribution in [3.63, 3.8) is 0 Å². The van der Waals surface area contributed by atoms with Crippen LogP contribution in [-0.2, 0) is 6.54 Å². The maximum atomic E-state index is 4.77. The van der Waals surface area contributed by atoms with E-state index in [0.717, 1.165) is 27.7 Å². The highest BCUT2D eigenvalue weighted by atomic mass is 32.1. The van der Waals surface area contributed by atoms with Crippen LogP contribution in [0.4, 0.5) is 5.69 Å². The topological polar surface area (TPSA) is 41.7 Å². The van der Waals surface area contributed by atoms with Crippen molar-refractivity contribution in [2.75, 3.05) is 5.32 Å². The molecule has 0 amide bonds. The summed E-state index contributed by atoms with van der Waals surface area (Å²) in [5, 5.41) is 5.44. The summed E-state index contributed by atoms with van der Waals surface area (Å²) in [5.41, 5.74) is 3.04. The van der Waals surface area contributed by atoms with Gasteiger partial charge in [-0.3, -0.25) is 9.39 Å². The van der Waals surface area contributed by atoms with Gasteiger partial charge in [-0.1, -0.05) is 48.5 Å². The number of amidine groups is 1. The van der Waals surface area contributed by atoms with Gasteiger partial charge < -0.3 is 5.32 Å². The summed E-state index contributed by atoms with van der Waals surface area (Å²) in [7, 11) is 0. The number of aliphatic imine (C=N–C) groups is 1. The Kier molecular flexibility index (Phi) is 4.08. The van der Waals surface area contributed by atoms with Gasteiger partial charge >= 0.3 is 0 Å². The third-order valence-corrected chi connectivity index (χ3v) is 4.40. The van der Waals surface area contributed by atoms with Gasteiger partial charge in [0.05, 0.1) is 12.2 Å². The van der Waals surface area contributed by atoms with Crippen LogP contribution in [0.2, 0.25) is 0 Å². The van der Waals surface area contributed by atoms with E-state index < -0.39 is 0 Å². The van der Waals surface area contributed by atoms with Crippen molar-refractivity contribution in [1.29, 1.82) is 0 Å². The van der Waals surface area contributed by atoms with Crippen LogP contribution in [0.1, 0.15) is 11.3 Å². The van der Waals surface area contributed by atoms with Crippen molar-refractivity contribution in [3.05, 3.63) is 89.7 Å². The van der Waals surface area contributed by atoms with E-state index in [4.69, 9.17) is 4.99 Å². The van der Waals surface area contributed by atoms with Crippen LogP contribution in [0.25, 0.3) is 4.96 Å². The number of benzene rings is 2. The van der Waals surface area contributed by atoms with Gasteiger partial charge in [-0.25, -0.2) is 4.98 Å². The van der Waals surface area contributed by atoms with Gasteiger partial charge in [-0.2, -0.15) is 0 Å². The molecule has 1 N–H and O–H groups in total. The summed E-state index contributed by atoms with van der Waals surface area (Å²) in [6, 6.07) is 20.2. The molecule has 0 fully saturated rings. The molecule has 0 aliphatic heterocycles. The average molecular weight is 332 g/mol. The number of thiazole rings is 1. The zero-order valence-electron chi connectivity index (χ0n) is 13.0. The maximum absolute atomic E-state index is 4.77. The Bertz CT molecular complexity index is 926. The van der Waals surface area contributed by atoms with Gasteiger partial charge in [-0.05, 0) is 12.1 Å². The third kappa shape index (κ3) is 3.21. The Morgan fingerprint density at radius 3 is 2.54 bits per heavy atom. The fourth-order valence-corrected chi connectivity index (χ4v) is 3.19. The molecule has 0 saturated heterocycles. The summed E-state index contributed by atoms with van der Waals surface area (Å²) >= 11 is 1.63. The maximum Gasteiger partial charge on any atom is 0.193 e. The lowest BCUT2D eigenvalue weighted by Crippen LogP contribution is -2.14. The number of anilines is 1. The molecule has 4 rings (SSSR count). The fourth-order valence-electron chi connectivity index (χ4n) is 2.47. The Hall–Kier alpha value is -2.92. The first-order valence-corrected chi connectivity index (χ1v) is 8.59. The number of fused-ring (bicyclic) bond motifs is 1. The average Bonchev–Trinajstić information content (AvgIpc) is 3.22. The van der Waals surface area contributed by atoms with Crippen LogP contribution in [0.15, 0.2) is 83.4 Å². The first-order chi connectivity index (χ1) is 11.9. The molecule has 0 aliphatic carbocycles. The number of hydrogen-bond acceptors (Lipinski definition) is 3. The van der Waals surface area contributed by atoms with Crippen LogP contribution in [-0.4, -0.2) is 15.2 Å². The van der Waals surface area contributed by atoms with E-state index in [1.807, 2.05) is 70.7 Å². The summed E-state index contributed by atoms with van der Waals surface area (Å²) in [5.74, 6) is 0.846. The predicted octanol–water partition coefficient (Wildman–Crippen LogP) is 4.45. The van der Waals surface area contributed by atoms with E-state index in [-0.39, 0.29) is 0 Å². The molecule has 0 bridgehead atoms. The van der Waals surface area contributed by atoms with Crippen molar-refractivity contribution in [1.82, 2.24) is 9.38 Å². The fraction of sp³-hybridized carbons (Fsp3) is 0.0526. The first kappa shape index (κ1) is 14.7. The van der Waals surface area contributed by atoms with Gasteiger partial charge in [0.25, 0.3) is 0 Å². The van der Waals surface area contributed by atoms with Gasteiger partial charge in [0.2, 0.25) is 0 Å². The molecule has 4 aromatic rings. The van der Waals surface area contributed by atoms with E-state index in [2.05, 4.69) is 22.4 Å². The normalized spacial score (nSPS) is 11.8. The number of rotatable bonds is 4. The molecule has 0 spiro atoms. The summed E-state index contributed by atoms with van der Waals surface area (Å²) in [4.78, 5) is 10.4. The molecule has 2 aromatic heterocycles. The van der Waals surface area contributed by atoms with Gasteiger partial charge in [0.1, 0.15) is 5.84 Å². The van der Waals surface area contributed by atoms with E-state index in [0.29, 0.717) is 6.54 Å². The van der Waals surface area contributed by atoms with Gasteiger partial charge in [0.15, 0.2) is 4.96 Å². The molecule has 0 radical (unpaired) electrons. The lowest BCUT2D eigenvalue weighted by atomic mass is 10.2. The van der Waals surface area contributed by atoms with Crippen molar-refractivity contribution in [3.8, 4) is 0 Å². The monoisotopic (exact) mass is 332 g/mol. The molecule has 5 heteroatoms. The third-order valence-electron chi connectivity index (χ3n) is 3.63. The van der Waals surface area contributed by atoms with Crippen LogP contribution in [0.3, 0.4) is 0 Å². The Labute approximate surface area is 144 Å². The summed E-state index contributed by atoms with van der Waals surface area (Å²) < 4.78 is 2.03. The number of hydrogen-bond donors (Lipinski definition) is 1. The number of imidazole rings is 1. The first-order valence-electron chi connectivity index (χ1n) is 7.71. The van der Waals surface area contributed by atoms with Gasteiger partial charge in [-0.15, -0.1) is 11.3 Å². The van der Waals surface area contributed by atoms with E-state index >= 15 is 0 Å². The quantitative estimate of drug-likeness (QED) is 0.443. The SMILES string of the molecule is c1ccc(NC(=NCc2cn3ccsc3n2)c2ccccc2)cc1. The number of nitrogens with one attached hydrogen (secondary N) is 1. The highest BCUT2D eigenvalue weighted by molar-refractivity contribution is 7.15. The van der Waals surface area contributed by atoms with E-state index in [1.54, 1.807) is 11.3 Å². The van der Waals surface area contributed by atoms with Crippen molar-refractivity contribution < 1.29 is 0 Å². The molecule has 118 valence electrons. The Morgan fingerprint density at radius 2 is 1.79 bits per heavy atom. The van der Waals surface area contributed by atoms with Crippen molar-refractivity contribution in [2.24, 2.45) is 4.99 Å². The number of para-hydroxylation sites is 1. The highest BCUT2D eigenvalue weighted by Crippen LogP contribution is 2.14. The minimum atomic E-state index is 0.540. The molecule has 24 heavy (non-hydrogen) atoms. The molecule has 2 aromatic carbocycles. The molecular formula is C19H16N4S. The second-order valence-corrected chi connectivity index (χ2v) is 6.22. The van der Waals surface area contributed by atoms with Crippen LogP contribution >= 0.6 is 11.3 Å². The molecule has 0 saturated carbocycles. The van der Waals surface area contributed by atoms with Crippen LogP contribution in [0.5, 0.6) is 0 Å². The second kappa shape index (κ2) is 6.68. The summed E-state index contributed by atoms with van der Waals surface area (Å²) in [6.07, 6.45) is 4.04. The molecule has 4 nitrogen and oxygen atoms in total. The number of nitrogens with zero attached hydrogens (tertiary/aromatic N) is 3.